The Morgan fingerprint density at radius 2 is 1.93 bits per heavy atom. The lowest BCUT2D eigenvalue weighted by molar-refractivity contribution is -0.129. The zero-order valence-electron chi connectivity index (χ0n) is 16.4. The van der Waals surface area contributed by atoms with Gasteiger partial charge in [-0.3, -0.25) is 4.79 Å². The number of benzene rings is 1. The summed E-state index contributed by atoms with van der Waals surface area (Å²) in [5.41, 5.74) is 0.919. The Bertz CT molecular complexity index is 846. The molecule has 0 radical (unpaired) electrons. The molecule has 8 heteroatoms. The summed E-state index contributed by atoms with van der Waals surface area (Å²) in [5, 5.41) is 9.35. The van der Waals surface area contributed by atoms with Crippen LogP contribution < -0.4 is 9.47 Å². The molecular weight excluding hydrogens is 376 g/mol. The van der Waals surface area contributed by atoms with Crippen molar-refractivity contribution < 1.29 is 14.3 Å². The van der Waals surface area contributed by atoms with Crippen LogP contribution in [0.15, 0.2) is 23.4 Å². The number of carbonyl (C=O) groups is 1. The highest BCUT2D eigenvalue weighted by Gasteiger charge is 2.21. The molecule has 1 aromatic heterocycles. The number of thioether (sulfide) groups is 1. The van der Waals surface area contributed by atoms with E-state index in [1.807, 2.05) is 34.7 Å². The summed E-state index contributed by atoms with van der Waals surface area (Å²) in [7, 11) is 1.92. The summed E-state index contributed by atoms with van der Waals surface area (Å²) >= 11 is 1.44. The van der Waals surface area contributed by atoms with Crippen LogP contribution in [-0.2, 0) is 11.8 Å². The lowest BCUT2D eigenvalue weighted by atomic mass is 9.99. The first kappa shape index (κ1) is 19.1. The quantitative estimate of drug-likeness (QED) is 0.733. The monoisotopic (exact) mass is 402 g/mol. The molecule has 1 fully saturated rings. The predicted octanol–water partition coefficient (Wildman–Crippen LogP) is 2.99. The van der Waals surface area contributed by atoms with Crippen LogP contribution in [0.3, 0.4) is 0 Å². The Hall–Kier alpha value is -2.22. The Labute approximate surface area is 169 Å². The number of likely N-dealkylation sites (tertiary alicyclic amines) is 1. The third-order valence-corrected chi connectivity index (χ3v) is 6.31. The van der Waals surface area contributed by atoms with Crippen molar-refractivity contribution in [1.82, 2.24) is 19.7 Å². The lowest BCUT2D eigenvalue weighted by Gasteiger charge is -2.30. The molecule has 0 bridgehead atoms. The number of piperidine rings is 1. The summed E-state index contributed by atoms with van der Waals surface area (Å²) in [6, 6.07) is 5.82. The Balaban J connectivity index is 1.43. The van der Waals surface area contributed by atoms with Crippen LogP contribution in [0.25, 0.3) is 11.4 Å². The molecule has 1 aromatic carbocycles. The van der Waals surface area contributed by atoms with E-state index >= 15 is 0 Å². The van der Waals surface area contributed by atoms with E-state index in [0.717, 1.165) is 60.4 Å². The number of amides is 1. The molecule has 2 aromatic rings. The molecule has 0 unspecified atom stereocenters. The van der Waals surface area contributed by atoms with Gasteiger partial charge in [-0.1, -0.05) is 18.7 Å². The lowest BCUT2D eigenvalue weighted by Crippen LogP contribution is -2.38. The summed E-state index contributed by atoms with van der Waals surface area (Å²) in [5.74, 6) is 3.53. The maximum atomic E-state index is 12.5. The van der Waals surface area contributed by atoms with Gasteiger partial charge < -0.3 is 18.9 Å². The second-order valence-electron chi connectivity index (χ2n) is 7.43. The predicted molar refractivity (Wildman–Crippen MR) is 108 cm³/mol. The molecule has 4 rings (SSSR count). The first-order valence-electron chi connectivity index (χ1n) is 9.82. The van der Waals surface area contributed by atoms with Gasteiger partial charge in [-0.15, -0.1) is 10.2 Å². The van der Waals surface area contributed by atoms with Gasteiger partial charge in [0.1, 0.15) is 0 Å². The minimum Gasteiger partial charge on any atom is -0.490 e. The highest BCUT2D eigenvalue weighted by molar-refractivity contribution is 7.99. The van der Waals surface area contributed by atoms with Crippen molar-refractivity contribution in [2.75, 3.05) is 32.1 Å². The largest absolute Gasteiger partial charge is 0.490 e. The fourth-order valence-electron chi connectivity index (χ4n) is 3.47. The fraction of sp³-hybridized carbons (Fsp3) is 0.550. The zero-order valence-corrected chi connectivity index (χ0v) is 17.2. The standard InChI is InChI=1S/C20H26N4O3S/c1-14-6-8-24(9-7-14)18(25)13-28-20-22-21-19(23(20)2)15-4-5-16-17(12-15)27-11-3-10-26-16/h4-5,12,14H,3,6-11,13H2,1-2H3. The van der Waals surface area contributed by atoms with Gasteiger partial charge in [-0.2, -0.15) is 0 Å². The van der Waals surface area contributed by atoms with Crippen LogP contribution >= 0.6 is 11.8 Å². The van der Waals surface area contributed by atoms with Crippen LogP contribution in [-0.4, -0.2) is 57.6 Å². The summed E-state index contributed by atoms with van der Waals surface area (Å²) in [6.07, 6.45) is 3.06. The van der Waals surface area contributed by atoms with E-state index in [0.29, 0.717) is 24.9 Å². The summed E-state index contributed by atoms with van der Waals surface area (Å²) in [4.78, 5) is 14.4. The minimum atomic E-state index is 0.178. The molecule has 0 aliphatic carbocycles. The SMILES string of the molecule is CC1CCN(C(=O)CSc2nnc(-c3ccc4c(c3)OCCCO4)n2C)CC1. The second-order valence-corrected chi connectivity index (χ2v) is 8.37. The van der Waals surface area contributed by atoms with Crippen LogP contribution in [0, 0.1) is 5.92 Å². The van der Waals surface area contributed by atoms with Gasteiger partial charge in [0.15, 0.2) is 22.5 Å². The molecular formula is C20H26N4O3S. The van der Waals surface area contributed by atoms with Crippen molar-refractivity contribution in [3.05, 3.63) is 18.2 Å². The van der Waals surface area contributed by atoms with E-state index in [-0.39, 0.29) is 5.91 Å². The van der Waals surface area contributed by atoms with E-state index in [1.54, 1.807) is 0 Å². The third-order valence-electron chi connectivity index (χ3n) is 5.30. The first-order valence-corrected chi connectivity index (χ1v) is 10.8. The van der Waals surface area contributed by atoms with Crippen LogP contribution in [0.4, 0.5) is 0 Å². The van der Waals surface area contributed by atoms with Crippen LogP contribution in [0.1, 0.15) is 26.2 Å². The van der Waals surface area contributed by atoms with Crippen molar-refractivity contribution in [1.29, 1.82) is 0 Å². The molecule has 2 aliphatic heterocycles. The number of hydrogen-bond donors (Lipinski definition) is 0. The molecule has 3 heterocycles. The molecule has 1 saturated heterocycles. The van der Waals surface area contributed by atoms with Gasteiger partial charge in [-0.25, -0.2) is 0 Å². The topological polar surface area (TPSA) is 69.5 Å². The molecule has 2 aliphatic rings. The Kier molecular flexibility index (Phi) is 5.75. The average molecular weight is 403 g/mol. The Morgan fingerprint density at radius 1 is 1.18 bits per heavy atom. The zero-order chi connectivity index (χ0) is 19.5. The van der Waals surface area contributed by atoms with E-state index in [2.05, 4.69) is 17.1 Å². The molecule has 1 amide bonds. The number of ether oxygens (including phenoxy) is 2. The maximum absolute atomic E-state index is 12.5. The number of hydrogen-bond acceptors (Lipinski definition) is 6. The second kappa shape index (κ2) is 8.43. The van der Waals surface area contributed by atoms with Gasteiger partial charge in [0.05, 0.1) is 19.0 Å². The van der Waals surface area contributed by atoms with Crippen molar-refractivity contribution >= 4 is 17.7 Å². The van der Waals surface area contributed by atoms with Crippen LogP contribution in [0.2, 0.25) is 0 Å². The average Bonchev–Trinajstić information content (AvgIpc) is 2.91. The molecule has 0 spiro atoms. The van der Waals surface area contributed by atoms with E-state index in [4.69, 9.17) is 9.47 Å². The van der Waals surface area contributed by atoms with Gasteiger partial charge in [0.25, 0.3) is 0 Å². The third kappa shape index (κ3) is 4.11. The molecule has 0 saturated carbocycles. The van der Waals surface area contributed by atoms with Crippen molar-refractivity contribution in [2.24, 2.45) is 13.0 Å². The number of carbonyl (C=O) groups excluding carboxylic acids is 1. The van der Waals surface area contributed by atoms with Crippen molar-refractivity contribution in [3.8, 4) is 22.9 Å². The van der Waals surface area contributed by atoms with Gasteiger partial charge >= 0.3 is 0 Å². The summed E-state index contributed by atoms with van der Waals surface area (Å²) < 4.78 is 13.4. The van der Waals surface area contributed by atoms with E-state index in [9.17, 15) is 4.79 Å². The van der Waals surface area contributed by atoms with E-state index < -0.39 is 0 Å². The smallest absolute Gasteiger partial charge is 0.233 e. The molecule has 7 nitrogen and oxygen atoms in total. The van der Waals surface area contributed by atoms with E-state index in [1.165, 1.54) is 11.8 Å². The number of rotatable bonds is 4. The normalized spacial score (nSPS) is 17.4. The number of fused-ring (bicyclic) bond motifs is 1. The maximum Gasteiger partial charge on any atom is 0.233 e. The first-order chi connectivity index (χ1) is 13.6. The van der Waals surface area contributed by atoms with Gasteiger partial charge in [0, 0.05) is 32.1 Å². The number of nitrogens with zero attached hydrogens (tertiary/aromatic N) is 4. The molecule has 0 atom stereocenters. The number of aromatic nitrogens is 3. The van der Waals surface area contributed by atoms with Crippen LogP contribution in [0.5, 0.6) is 11.5 Å². The Morgan fingerprint density at radius 3 is 2.71 bits per heavy atom. The minimum absolute atomic E-state index is 0.178. The summed E-state index contributed by atoms with van der Waals surface area (Å²) in [6.45, 7) is 5.29. The highest BCUT2D eigenvalue weighted by atomic mass is 32.2. The van der Waals surface area contributed by atoms with Crippen molar-refractivity contribution in [3.63, 3.8) is 0 Å². The highest BCUT2D eigenvalue weighted by Crippen LogP contribution is 2.34. The molecule has 150 valence electrons. The fourth-order valence-corrected chi connectivity index (χ4v) is 4.28. The van der Waals surface area contributed by atoms with Gasteiger partial charge in [-0.05, 0) is 37.0 Å². The van der Waals surface area contributed by atoms with Crippen molar-refractivity contribution in [2.45, 2.75) is 31.3 Å². The molecule has 0 N–H and O–H groups in total. The van der Waals surface area contributed by atoms with Gasteiger partial charge in [0.2, 0.25) is 5.91 Å². The molecule has 28 heavy (non-hydrogen) atoms.